The maximum absolute atomic E-state index is 13.1. The third-order valence-corrected chi connectivity index (χ3v) is 6.06. The number of hydrogen-bond acceptors (Lipinski definition) is 6. The van der Waals surface area contributed by atoms with Gasteiger partial charge in [-0.3, -0.25) is 4.79 Å². The van der Waals surface area contributed by atoms with Crippen LogP contribution in [0.3, 0.4) is 0 Å². The van der Waals surface area contributed by atoms with Gasteiger partial charge < -0.3 is 9.42 Å². The fourth-order valence-electron chi connectivity index (χ4n) is 3.90. The van der Waals surface area contributed by atoms with Crippen molar-refractivity contribution in [3.8, 4) is 17.1 Å². The molecule has 7 nitrogen and oxygen atoms in total. The van der Waals surface area contributed by atoms with Gasteiger partial charge in [-0.2, -0.15) is 21.4 Å². The molecule has 0 unspecified atom stereocenters. The normalized spacial score (nSPS) is 16.7. The van der Waals surface area contributed by atoms with Crippen molar-refractivity contribution in [2.75, 3.05) is 13.1 Å². The number of rotatable bonds is 5. The van der Waals surface area contributed by atoms with Crippen LogP contribution in [0.5, 0.6) is 0 Å². The number of benzene rings is 1. The number of aromatic nitrogens is 4. The Balaban J connectivity index is 1.26. The Labute approximate surface area is 178 Å². The molecule has 1 aliphatic heterocycles. The first kappa shape index (κ1) is 18.7. The summed E-state index contributed by atoms with van der Waals surface area (Å²) < 4.78 is 7.22. The predicted octanol–water partition coefficient (Wildman–Crippen LogP) is 4.08. The molecular weight excluding hydrogens is 398 g/mol. The van der Waals surface area contributed by atoms with Crippen LogP contribution in [0.2, 0.25) is 0 Å². The first-order valence-corrected chi connectivity index (χ1v) is 10.9. The summed E-state index contributed by atoms with van der Waals surface area (Å²) in [5.41, 5.74) is 2.54. The molecule has 0 saturated carbocycles. The van der Waals surface area contributed by atoms with Crippen LogP contribution in [0.15, 0.2) is 64.1 Å². The molecule has 0 spiro atoms. The lowest BCUT2D eigenvalue weighted by molar-refractivity contribution is 0.0668. The molecule has 3 aromatic heterocycles. The average molecular weight is 420 g/mol. The van der Waals surface area contributed by atoms with Gasteiger partial charge >= 0.3 is 0 Å². The van der Waals surface area contributed by atoms with E-state index in [1.807, 2.05) is 58.3 Å². The monoisotopic (exact) mass is 419 g/mol. The molecule has 4 heterocycles. The largest absolute Gasteiger partial charge is 0.339 e. The average Bonchev–Trinajstić information content (AvgIpc) is 3.56. The van der Waals surface area contributed by atoms with E-state index in [4.69, 9.17) is 4.52 Å². The Morgan fingerprint density at radius 2 is 2.23 bits per heavy atom. The van der Waals surface area contributed by atoms with Gasteiger partial charge in [0.05, 0.1) is 5.69 Å². The third kappa shape index (κ3) is 3.91. The molecular formula is C22H21N5O2S. The lowest BCUT2D eigenvalue weighted by Gasteiger charge is -2.32. The number of nitrogens with zero attached hydrogens (tertiary/aromatic N) is 5. The molecule has 1 amide bonds. The van der Waals surface area contributed by atoms with E-state index in [9.17, 15) is 4.79 Å². The van der Waals surface area contributed by atoms with Gasteiger partial charge in [-0.25, -0.2) is 4.68 Å². The van der Waals surface area contributed by atoms with Crippen molar-refractivity contribution in [2.24, 2.45) is 5.92 Å². The number of carbonyl (C=O) groups excluding carboxylic acids is 1. The molecule has 1 fully saturated rings. The number of thiophene rings is 1. The quantitative estimate of drug-likeness (QED) is 0.487. The minimum absolute atomic E-state index is 0.0539. The van der Waals surface area contributed by atoms with Gasteiger partial charge in [0.25, 0.3) is 5.91 Å². The SMILES string of the molecule is O=C(c1cccc(-n2cccn2)c1)N1CCC[C@H](Cc2nc(-c3ccsc3)no2)C1. The summed E-state index contributed by atoms with van der Waals surface area (Å²) in [7, 11) is 0. The predicted molar refractivity (Wildman–Crippen MR) is 114 cm³/mol. The van der Waals surface area contributed by atoms with Gasteiger partial charge in [0.2, 0.25) is 11.7 Å². The molecule has 4 aromatic rings. The first-order valence-electron chi connectivity index (χ1n) is 10.0. The lowest BCUT2D eigenvalue weighted by Crippen LogP contribution is -2.40. The summed E-state index contributed by atoms with van der Waals surface area (Å²) in [4.78, 5) is 19.6. The van der Waals surface area contributed by atoms with E-state index in [1.165, 1.54) is 0 Å². The molecule has 0 aliphatic carbocycles. The molecule has 1 aliphatic rings. The first-order chi connectivity index (χ1) is 14.8. The molecule has 1 saturated heterocycles. The van der Waals surface area contributed by atoms with Crippen LogP contribution in [0.1, 0.15) is 29.1 Å². The zero-order chi connectivity index (χ0) is 20.3. The van der Waals surface area contributed by atoms with Gasteiger partial charge in [-0.15, -0.1) is 0 Å². The van der Waals surface area contributed by atoms with Crippen LogP contribution in [0.4, 0.5) is 0 Å². The van der Waals surface area contributed by atoms with E-state index in [-0.39, 0.29) is 5.91 Å². The van der Waals surface area contributed by atoms with Crippen molar-refractivity contribution in [1.29, 1.82) is 0 Å². The van der Waals surface area contributed by atoms with Gasteiger partial charge in [0, 0.05) is 48.4 Å². The minimum atomic E-state index is 0.0539. The van der Waals surface area contributed by atoms with E-state index in [1.54, 1.807) is 22.2 Å². The van der Waals surface area contributed by atoms with Gasteiger partial charge in [-0.1, -0.05) is 11.2 Å². The second kappa shape index (κ2) is 8.23. The number of carbonyl (C=O) groups is 1. The molecule has 0 radical (unpaired) electrons. The highest BCUT2D eigenvalue weighted by Crippen LogP contribution is 2.24. The standard InChI is InChI=1S/C22H21N5O2S/c28-22(17-5-1-6-19(13-17)27-10-3-8-23-27)26-9-2-4-16(14-26)12-20-24-21(25-29-20)18-7-11-30-15-18/h1,3,5-8,10-11,13,15-16H,2,4,9,12,14H2/t16-/m1/s1. The van der Waals surface area contributed by atoms with E-state index in [2.05, 4.69) is 15.2 Å². The topological polar surface area (TPSA) is 77.1 Å². The Hall–Kier alpha value is -3.26. The van der Waals surface area contributed by atoms with Crippen molar-refractivity contribution < 1.29 is 9.32 Å². The summed E-state index contributed by atoms with van der Waals surface area (Å²) >= 11 is 1.61. The van der Waals surface area contributed by atoms with Crippen LogP contribution in [0, 0.1) is 5.92 Å². The van der Waals surface area contributed by atoms with Crippen LogP contribution in [0.25, 0.3) is 17.1 Å². The lowest BCUT2D eigenvalue weighted by atomic mass is 9.94. The van der Waals surface area contributed by atoms with Crippen LogP contribution in [-0.2, 0) is 6.42 Å². The Morgan fingerprint density at radius 1 is 1.27 bits per heavy atom. The van der Waals surface area contributed by atoms with Crippen molar-refractivity contribution in [2.45, 2.75) is 19.3 Å². The van der Waals surface area contributed by atoms with Crippen molar-refractivity contribution >= 4 is 17.2 Å². The number of amides is 1. The van der Waals surface area contributed by atoms with Gasteiger partial charge in [-0.05, 0) is 54.5 Å². The maximum Gasteiger partial charge on any atom is 0.253 e. The van der Waals surface area contributed by atoms with Crippen LogP contribution >= 0.6 is 11.3 Å². The molecule has 1 aromatic carbocycles. The number of likely N-dealkylation sites (tertiary alicyclic amines) is 1. The van der Waals surface area contributed by atoms with E-state index in [0.717, 1.165) is 30.6 Å². The summed E-state index contributed by atoms with van der Waals surface area (Å²) in [5.74, 6) is 1.63. The molecule has 8 heteroatoms. The molecule has 0 bridgehead atoms. The molecule has 30 heavy (non-hydrogen) atoms. The summed E-state index contributed by atoms with van der Waals surface area (Å²) in [6.45, 7) is 1.46. The molecule has 1 atom stereocenters. The summed E-state index contributed by atoms with van der Waals surface area (Å²) in [6, 6.07) is 11.5. The molecule has 0 N–H and O–H groups in total. The van der Waals surface area contributed by atoms with Crippen molar-refractivity contribution in [3.05, 3.63) is 71.0 Å². The molecule has 152 valence electrons. The highest BCUT2D eigenvalue weighted by atomic mass is 32.1. The fraction of sp³-hybridized carbons (Fsp3) is 0.273. The number of piperidine rings is 1. The van der Waals surface area contributed by atoms with E-state index in [0.29, 0.717) is 36.2 Å². The minimum Gasteiger partial charge on any atom is -0.339 e. The van der Waals surface area contributed by atoms with Crippen LogP contribution in [-0.4, -0.2) is 43.8 Å². The Morgan fingerprint density at radius 3 is 3.07 bits per heavy atom. The Bertz CT molecular complexity index is 1120. The smallest absolute Gasteiger partial charge is 0.253 e. The molecule has 5 rings (SSSR count). The van der Waals surface area contributed by atoms with Gasteiger partial charge in [0.1, 0.15) is 0 Å². The maximum atomic E-state index is 13.1. The Kier molecular flexibility index (Phi) is 5.15. The highest BCUT2D eigenvalue weighted by molar-refractivity contribution is 7.08. The van der Waals surface area contributed by atoms with E-state index >= 15 is 0 Å². The van der Waals surface area contributed by atoms with Crippen molar-refractivity contribution in [3.63, 3.8) is 0 Å². The summed E-state index contributed by atoms with van der Waals surface area (Å²) in [6.07, 6.45) is 6.31. The fourth-order valence-corrected chi connectivity index (χ4v) is 4.53. The highest BCUT2D eigenvalue weighted by Gasteiger charge is 2.26. The zero-order valence-corrected chi connectivity index (χ0v) is 17.2. The van der Waals surface area contributed by atoms with Crippen LogP contribution < -0.4 is 0 Å². The van der Waals surface area contributed by atoms with E-state index < -0.39 is 0 Å². The third-order valence-electron chi connectivity index (χ3n) is 5.38. The van der Waals surface area contributed by atoms with Crippen molar-refractivity contribution in [1.82, 2.24) is 24.8 Å². The van der Waals surface area contributed by atoms with Gasteiger partial charge in [0.15, 0.2) is 0 Å². The zero-order valence-electron chi connectivity index (χ0n) is 16.3. The summed E-state index contributed by atoms with van der Waals surface area (Å²) in [5, 5.41) is 12.3. The second-order valence-electron chi connectivity index (χ2n) is 7.49. The number of hydrogen-bond donors (Lipinski definition) is 0. The second-order valence-corrected chi connectivity index (χ2v) is 8.27.